The summed E-state index contributed by atoms with van der Waals surface area (Å²) in [6.45, 7) is 5.63. The van der Waals surface area contributed by atoms with Crippen molar-refractivity contribution in [2.45, 2.75) is 50.6 Å². The molecule has 8 heteroatoms. The molecule has 1 aliphatic heterocycles. The van der Waals surface area contributed by atoms with E-state index in [9.17, 15) is 13.2 Å². The van der Waals surface area contributed by atoms with Gasteiger partial charge in [-0.05, 0) is 74.7 Å². The molecule has 2 unspecified atom stereocenters. The number of nitrogens with one attached hydrogen (secondary N) is 1. The number of fused-ring (bicyclic) bond motifs is 1. The van der Waals surface area contributed by atoms with Crippen LogP contribution in [0.1, 0.15) is 32.8 Å². The fraction of sp³-hybridized carbons (Fsp3) is 0.381. The largest absolute Gasteiger partial charge is 0.484 e. The Bertz CT molecular complexity index is 992. The molecule has 1 N–H and O–H groups in total. The molecule has 0 fully saturated rings. The average molecular weight is 481 g/mol. The van der Waals surface area contributed by atoms with Crippen LogP contribution in [0.2, 0.25) is 0 Å². The van der Waals surface area contributed by atoms with Gasteiger partial charge in [-0.3, -0.25) is 4.79 Å². The number of hydrogen-bond donors (Lipinski definition) is 1. The molecular weight excluding hydrogens is 456 g/mol. The fourth-order valence-corrected chi connectivity index (χ4v) is 5.06. The SMILES string of the molecule is CCC(C)NS(=O)(=O)c1ccc(OCC(=O)N2c3ccc(Br)cc3CC2C)cc1. The summed E-state index contributed by atoms with van der Waals surface area (Å²) >= 11 is 3.46. The van der Waals surface area contributed by atoms with Crippen molar-refractivity contribution in [3.8, 4) is 5.75 Å². The monoisotopic (exact) mass is 480 g/mol. The number of rotatable bonds is 7. The molecule has 1 heterocycles. The Morgan fingerprint density at radius 3 is 2.62 bits per heavy atom. The molecule has 0 saturated carbocycles. The Morgan fingerprint density at radius 2 is 1.97 bits per heavy atom. The Morgan fingerprint density at radius 1 is 1.28 bits per heavy atom. The van der Waals surface area contributed by atoms with Crippen molar-refractivity contribution in [1.29, 1.82) is 0 Å². The molecule has 0 aromatic heterocycles. The topological polar surface area (TPSA) is 75.7 Å². The molecule has 6 nitrogen and oxygen atoms in total. The van der Waals surface area contributed by atoms with Crippen molar-refractivity contribution in [1.82, 2.24) is 4.72 Å². The Labute approximate surface area is 180 Å². The van der Waals surface area contributed by atoms with E-state index in [1.54, 1.807) is 17.0 Å². The molecule has 1 aliphatic rings. The second-order valence-electron chi connectivity index (χ2n) is 7.28. The zero-order valence-corrected chi connectivity index (χ0v) is 19.1. The number of ether oxygens (including phenoxy) is 1. The normalized spacial score (nSPS) is 17.1. The molecular formula is C21H25BrN2O4S. The molecule has 0 aliphatic carbocycles. The van der Waals surface area contributed by atoms with Crippen LogP contribution in [0.5, 0.6) is 5.75 Å². The molecule has 1 amide bonds. The summed E-state index contributed by atoms with van der Waals surface area (Å²) in [6, 6.07) is 11.9. The molecule has 0 bridgehead atoms. The molecule has 2 atom stereocenters. The maximum absolute atomic E-state index is 12.7. The lowest BCUT2D eigenvalue weighted by molar-refractivity contribution is -0.120. The molecule has 29 heavy (non-hydrogen) atoms. The van der Waals surface area contributed by atoms with E-state index in [4.69, 9.17) is 4.74 Å². The van der Waals surface area contributed by atoms with Gasteiger partial charge in [0.15, 0.2) is 6.61 Å². The van der Waals surface area contributed by atoms with Crippen molar-refractivity contribution in [2.75, 3.05) is 11.5 Å². The van der Waals surface area contributed by atoms with Gasteiger partial charge in [0.05, 0.1) is 4.90 Å². The van der Waals surface area contributed by atoms with E-state index in [0.717, 1.165) is 22.1 Å². The van der Waals surface area contributed by atoms with Crippen molar-refractivity contribution in [3.05, 3.63) is 52.5 Å². The zero-order valence-electron chi connectivity index (χ0n) is 16.7. The van der Waals surface area contributed by atoms with Crippen LogP contribution in [-0.4, -0.2) is 33.0 Å². The minimum absolute atomic E-state index is 0.0644. The number of carbonyl (C=O) groups excluding carboxylic acids is 1. The lowest BCUT2D eigenvalue weighted by Crippen LogP contribution is -2.39. The second kappa shape index (κ2) is 8.85. The molecule has 0 saturated heterocycles. The Kier molecular flexibility index (Phi) is 6.65. The number of amides is 1. The van der Waals surface area contributed by atoms with Gasteiger partial charge in [-0.1, -0.05) is 22.9 Å². The van der Waals surface area contributed by atoms with Crippen LogP contribution < -0.4 is 14.4 Å². The van der Waals surface area contributed by atoms with Gasteiger partial charge in [-0.25, -0.2) is 13.1 Å². The fourth-order valence-electron chi connectivity index (χ4n) is 3.33. The predicted molar refractivity (Wildman–Crippen MR) is 117 cm³/mol. The number of hydrogen-bond acceptors (Lipinski definition) is 4. The predicted octanol–water partition coefficient (Wildman–Crippen LogP) is 3.88. The van der Waals surface area contributed by atoms with Gasteiger partial charge in [-0.2, -0.15) is 0 Å². The minimum atomic E-state index is -3.56. The Balaban J connectivity index is 1.64. The van der Waals surface area contributed by atoms with E-state index in [-0.39, 0.29) is 29.5 Å². The highest BCUT2D eigenvalue weighted by Crippen LogP contribution is 2.34. The number of halogens is 1. The first-order chi connectivity index (χ1) is 13.7. The quantitative estimate of drug-likeness (QED) is 0.652. The maximum Gasteiger partial charge on any atom is 0.265 e. The van der Waals surface area contributed by atoms with E-state index < -0.39 is 10.0 Å². The second-order valence-corrected chi connectivity index (χ2v) is 9.91. The summed E-state index contributed by atoms with van der Waals surface area (Å²) in [5, 5.41) is 0. The molecule has 156 valence electrons. The summed E-state index contributed by atoms with van der Waals surface area (Å²) in [6.07, 6.45) is 1.51. The highest BCUT2D eigenvalue weighted by molar-refractivity contribution is 9.10. The standard InChI is InChI=1S/C21H25BrN2O4S/c1-4-14(2)23-29(26,27)19-8-6-18(7-9-19)28-13-21(25)24-15(3)11-16-12-17(22)5-10-20(16)24/h5-10,12,14-15,23H,4,11,13H2,1-3H3. The Hall–Kier alpha value is -1.90. The highest BCUT2D eigenvalue weighted by atomic mass is 79.9. The van der Waals surface area contributed by atoms with Crippen molar-refractivity contribution in [3.63, 3.8) is 0 Å². The van der Waals surface area contributed by atoms with Gasteiger partial charge in [0.2, 0.25) is 10.0 Å². The highest BCUT2D eigenvalue weighted by Gasteiger charge is 2.31. The van der Waals surface area contributed by atoms with Gasteiger partial charge in [0, 0.05) is 22.2 Å². The summed E-state index contributed by atoms with van der Waals surface area (Å²) in [7, 11) is -3.56. The summed E-state index contributed by atoms with van der Waals surface area (Å²) in [4.78, 5) is 14.7. The first kappa shape index (κ1) is 21.8. The van der Waals surface area contributed by atoms with Gasteiger partial charge < -0.3 is 9.64 Å². The van der Waals surface area contributed by atoms with Crippen LogP contribution in [0.4, 0.5) is 5.69 Å². The zero-order chi connectivity index (χ0) is 21.2. The summed E-state index contributed by atoms with van der Waals surface area (Å²) in [5.74, 6) is 0.317. The van der Waals surface area contributed by atoms with Gasteiger partial charge in [0.25, 0.3) is 5.91 Å². The van der Waals surface area contributed by atoms with Crippen LogP contribution >= 0.6 is 15.9 Å². The molecule has 2 aromatic rings. The van der Waals surface area contributed by atoms with Crippen molar-refractivity contribution in [2.24, 2.45) is 0 Å². The third kappa shape index (κ3) is 4.99. The third-order valence-corrected chi connectivity index (χ3v) is 7.09. The summed E-state index contributed by atoms with van der Waals surface area (Å²) in [5.41, 5.74) is 2.04. The number of nitrogens with zero attached hydrogens (tertiary/aromatic N) is 1. The third-order valence-electron chi connectivity index (χ3n) is 4.99. The number of carbonyl (C=O) groups is 1. The van der Waals surface area contributed by atoms with Crippen LogP contribution in [0, 0.1) is 0 Å². The van der Waals surface area contributed by atoms with Crippen LogP contribution in [0.25, 0.3) is 0 Å². The van der Waals surface area contributed by atoms with E-state index in [2.05, 4.69) is 20.7 Å². The molecule has 0 spiro atoms. The van der Waals surface area contributed by atoms with E-state index in [1.165, 1.54) is 12.1 Å². The number of anilines is 1. The number of sulfonamides is 1. The molecule has 3 rings (SSSR count). The molecule has 2 aromatic carbocycles. The van der Waals surface area contributed by atoms with Gasteiger partial charge >= 0.3 is 0 Å². The maximum atomic E-state index is 12.7. The lowest BCUT2D eigenvalue weighted by atomic mass is 10.1. The first-order valence-corrected chi connectivity index (χ1v) is 11.8. The molecule has 0 radical (unpaired) electrons. The summed E-state index contributed by atoms with van der Waals surface area (Å²) < 4.78 is 33.9. The van der Waals surface area contributed by atoms with E-state index in [0.29, 0.717) is 12.2 Å². The van der Waals surface area contributed by atoms with Crippen LogP contribution in [-0.2, 0) is 21.2 Å². The first-order valence-electron chi connectivity index (χ1n) is 9.57. The van der Waals surface area contributed by atoms with E-state index >= 15 is 0 Å². The average Bonchev–Trinajstić information content (AvgIpc) is 3.00. The number of benzene rings is 2. The van der Waals surface area contributed by atoms with Crippen molar-refractivity contribution < 1.29 is 17.9 Å². The van der Waals surface area contributed by atoms with Gasteiger partial charge in [0.1, 0.15) is 5.75 Å². The smallest absolute Gasteiger partial charge is 0.265 e. The van der Waals surface area contributed by atoms with E-state index in [1.807, 2.05) is 39.0 Å². The minimum Gasteiger partial charge on any atom is -0.484 e. The van der Waals surface area contributed by atoms with Gasteiger partial charge in [-0.15, -0.1) is 0 Å². The van der Waals surface area contributed by atoms with Crippen LogP contribution in [0.15, 0.2) is 51.8 Å². The van der Waals surface area contributed by atoms with Crippen LogP contribution in [0.3, 0.4) is 0 Å². The lowest BCUT2D eigenvalue weighted by Gasteiger charge is -2.22. The van der Waals surface area contributed by atoms with Crippen molar-refractivity contribution >= 4 is 37.5 Å².